The smallest absolute Gasteiger partial charge is 0.248 e. The lowest BCUT2D eigenvalue weighted by Gasteiger charge is -2.38. The van der Waals surface area contributed by atoms with E-state index in [4.69, 9.17) is 11.6 Å². The molecule has 6 heteroatoms. The molecule has 2 aromatic rings. The molecule has 1 aromatic carbocycles. The van der Waals surface area contributed by atoms with Crippen LogP contribution in [0, 0.1) is 0 Å². The molecule has 24 heavy (non-hydrogen) atoms. The highest BCUT2D eigenvalue weighted by molar-refractivity contribution is 6.31. The van der Waals surface area contributed by atoms with Crippen molar-refractivity contribution in [2.45, 2.75) is 24.9 Å². The van der Waals surface area contributed by atoms with Crippen molar-refractivity contribution < 1.29 is 4.79 Å². The first-order valence-corrected chi connectivity index (χ1v) is 8.40. The Labute approximate surface area is 147 Å². The molecule has 1 saturated heterocycles. The zero-order valence-corrected chi connectivity index (χ0v) is 14.7. The van der Waals surface area contributed by atoms with Crippen LogP contribution >= 0.6 is 11.6 Å². The summed E-state index contributed by atoms with van der Waals surface area (Å²) in [6, 6.07) is 7.76. The molecule has 126 valence electrons. The van der Waals surface area contributed by atoms with Crippen molar-refractivity contribution in [3.63, 3.8) is 0 Å². The monoisotopic (exact) mass is 344 g/mol. The summed E-state index contributed by atoms with van der Waals surface area (Å²) in [7, 11) is 3.57. The molecule has 0 N–H and O–H groups in total. The first-order valence-electron chi connectivity index (χ1n) is 8.02. The lowest BCUT2D eigenvalue weighted by atomic mass is 9.90. The van der Waals surface area contributed by atoms with Gasteiger partial charge in [0.15, 0.2) is 0 Å². The van der Waals surface area contributed by atoms with Gasteiger partial charge in [-0.15, -0.1) is 0 Å². The molecular weight excluding hydrogens is 324 g/mol. The van der Waals surface area contributed by atoms with Crippen molar-refractivity contribution in [2.75, 3.05) is 20.6 Å². The van der Waals surface area contributed by atoms with Gasteiger partial charge in [-0.1, -0.05) is 29.8 Å². The van der Waals surface area contributed by atoms with E-state index in [1.807, 2.05) is 24.3 Å². The molecule has 3 rings (SSSR count). The zero-order valence-electron chi connectivity index (χ0n) is 13.9. The molecule has 1 aliphatic rings. The van der Waals surface area contributed by atoms with Gasteiger partial charge < -0.3 is 4.90 Å². The maximum Gasteiger partial charge on any atom is 0.248 e. The molecule has 1 atom stereocenters. The Kier molecular flexibility index (Phi) is 4.83. The first kappa shape index (κ1) is 16.9. The summed E-state index contributed by atoms with van der Waals surface area (Å²) in [5.74, 6) is 0.0348. The molecule has 0 spiro atoms. The number of nitrogens with zero attached hydrogens (tertiary/aromatic N) is 4. The van der Waals surface area contributed by atoms with Gasteiger partial charge in [-0.2, -0.15) is 0 Å². The number of halogens is 1. The molecule has 0 bridgehead atoms. The third-order valence-corrected chi connectivity index (χ3v) is 4.94. The number of hydrogen-bond acceptors (Lipinski definition) is 4. The van der Waals surface area contributed by atoms with Gasteiger partial charge in [-0.25, -0.2) is 0 Å². The van der Waals surface area contributed by atoms with Crippen LogP contribution in [0.25, 0.3) is 0 Å². The summed E-state index contributed by atoms with van der Waals surface area (Å²) < 4.78 is 0. The van der Waals surface area contributed by atoms with Gasteiger partial charge in [0.25, 0.3) is 0 Å². The molecule has 0 unspecified atom stereocenters. The minimum absolute atomic E-state index is 0.0348. The average Bonchev–Trinajstić information content (AvgIpc) is 3.01. The van der Waals surface area contributed by atoms with Gasteiger partial charge in [-0.05, 0) is 31.0 Å². The molecule has 1 aromatic heterocycles. The fourth-order valence-corrected chi connectivity index (χ4v) is 3.64. The number of carbonyl (C=O) groups excluding carboxylic acids is 1. The van der Waals surface area contributed by atoms with E-state index >= 15 is 0 Å². The molecule has 5 nitrogen and oxygen atoms in total. The topological polar surface area (TPSA) is 49.3 Å². The molecular formula is C18H21ClN4O. The summed E-state index contributed by atoms with van der Waals surface area (Å²) in [6.45, 7) is 1.43. The molecule has 2 heterocycles. The van der Waals surface area contributed by atoms with Crippen LogP contribution in [0.3, 0.4) is 0 Å². The highest BCUT2D eigenvalue weighted by Gasteiger charge is 2.50. The van der Waals surface area contributed by atoms with Gasteiger partial charge in [0.2, 0.25) is 5.91 Å². The molecule has 0 radical (unpaired) electrons. The summed E-state index contributed by atoms with van der Waals surface area (Å²) in [5, 5.41) is 0.717. The van der Waals surface area contributed by atoms with E-state index in [2.05, 4.69) is 14.9 Å². The van der Waals surface area contributed by atoms with E-state index in [0.717, 1.165) is 30.0 Å². The quantitative estimate of drug-likeness (QED) is 0.855. The Morgan fingerprint density at radius 3 is 2.79 bits per heavy atom. The number of rotatable bonds is 4. The fraction of sp³-hybridized carbons (Fsp3) is 0.389. The number of amides is 1. The van der Waals surface area contributed by atoms with Crippen molar-refractivity contribution in [1.29, 1.82) is 0 Å². The van der Waals surface area contributed by atoms with E-state index in [9.17, 15) is 4.79 Å². The van der Waals surface area contributed by atoms with Crippen molar-refractivity contribution in [3.8, 4) is 0 Å². The van der Waals surface area contributed by atoms with Crippen molar-refractivity contribution in [1.82, 2.24) is 19.8 Å². The second kappa shape index (κ2) is 6.87. The summed E-state index contributed by atoms with van der Waals surface area (Å²) >= 11 is 6.33. The summed E-state index contributed by atoms with van der Waals surface area (Å²) in [5.41, 5.74) is 0.936. The molecule has 0 saturated carbocycles. The maximum atomic E-state index is 13.1. The van der Waals surface area contributed by atoms with E-state index in [1.54, 1.807) is 37.6 Å². The SMILES string of the molecule is CN(C)C(=O)[C@]1(c2cnccn2)CCCN1Cc1ccccc1Cl. The Balaban J connectivity index is 2.04. The number of benzene rings is 1. The molecule has 0 aliphatic carbocycles. The predicted octanol–water partition coefficient (Wildman–Crippen LogP) is 2.71. The van der Waals surface area contributed by atoms with E-state index in [1.165, 1.54) is 0 Å². The first-order chi connectivity index (χ1) is 11.6. The van der Waals surface area contributed by atoms with Crippen LogP contribution in [-0.2, 0) is 16.9 Å². The second-order valence-corrected chi connectivity index (χ2v) is 6.67. The number of hydrogen-bond donors (Lipinski definition) is 0. The van der Waals surface area contributed by atoms with Gasteiger partial charge in [0, 0.05) is 38.1 Å². The average molecular weight is 345 g/mol. The van der Waals surface area contributed by atoms with Crippen LogP contribution < -0.4 is 0 Å². The standard InChI is InChI=1S/C18H21ClN4O/c1-22(2)17(24)18(16-12-20-9-10-21-16)8-5-11-23(18)13-14-6-3-4-7-15(14)19/h3-4,6-7,9-10,12H,5,8,11,13H2,1-2H3/t18-/m1/s1. The van der Waals surface area contributed by atoms with Crippen LogP contribution in [0.15, 0.2) is 42.9 Å². The van der Waals surface area contributed by atoms with Crippen LogP contribution in [0.5, 0.6) is 0 Å². The van der Waals surface area contributed by atoms with Gasteiger partial charge in [0.1, 0.15) is 5.54 Å². The van der Waals surface area contributed by atoms with Crippen molar-refractivity contribution >= 4 is 17.5 Å². The van der Waals surface area contributed by atoms with Gasteiger partial charge in [-0.3, -0.25) is 19.7 Å². The normalized spacial score (nSPS) is 21.0. The third kappa shape index (κ3) is 2.89. The second-order valence-electron chi connectivity index (χ2n) is 6.27. The molecule has 1 amide bonds. The van der Waals surface area contributed by atoms with Crippen molar-refractivity contribution in [3.05, 3.63) is 59.1 Å². The molecule has 1 fully saturated rings. The lowest BCUT2D eigenvalue weighted by molar-refractivity contribution is -0.141. The van der Waals surface area contributed by atoms with Crippen LogP contribution in [0.1, 0.15) is 24.1 Å². The number of likely N-dealkylation sites (tertiary alicyclic amines) is 1. The minimum Gasteiger partial charge on any atom is -0.347 e. The molecule has 1 aliphatic heterocycles. The minimum atomic E-state index is -0.781. The Hall–Kier alpha value is -1.98. The summed E-state index contributed by atoms with van der Waals surface area (Å²) in [4.78, 5) is 25.6. The van der Waals surface area contributed by atoms with Crippen LogP contribution in [0.4, 0.5) is 0 Å². The van der Waals surface area contributed by atoms with E-state index in [-0.39, 0.29) is 5.91 Å². The number of aromatic nitrogens is 2. The maximum absolute atomic E-state index is 13.1. The Bertz CT molecular complexity index is 722. The largest absolute Gasteiger partial charge is 0.347 e. The van der Waals surface area contributed by atoms with E-state index in [0.29, 0.717) is 12.2 Å². The number of likely N-dealkylation sites (N-methyl/N-ethyl adjacent to an activating group) is 1. The third-order valence-electron chi connectivity index (χ3n) is 4.57. The van der Waals surface area contributed by atoms with Crippen LogP contribution in [0.2, 0.25) is 5.02 Å². The fourth-order valence-electron chi connectivity index (χ4n) is 3.45. The Morgan fingerprint density at radius 2 is 2.12 bits per heavy atom. The highest BCUT2D eigenvalue weighted by atomic mass is 35.5. The summed E-state index contributed by atoms with van der Waals surface area (Å²) in [6.07, 6.45) is 6.64. The van der Waals surface area contributed by atoms with Crippen LogP contribution in [-0.4, -0.2) is 46.3 Å². The predicted molar refractivity (Wildman–Crippen MR) is 93.5 cm³/mol. The lowest BCUT2D eigenvalue weighted by Crippen LogP contribution is -2.52. The van der Waals surface area contributed by atoms with Gasteiger partial charge in [0.05, 0.1) is 11.9 Å². The number of carbonyl (C=O) groups is 1. The van der Waals surface area contributed by atoms with Gasteiger partial charge >= 0.3 is 0 Å². The van der Waals surface area contributed by atoms with Crippen molar-refractivity contribution in [2.24, 2.45) is 0 Å². The Morgan fingerprint density at radius 1 is 1.33 bits per heavy atom. The zero-order chi connectivity index (χ0) is 17.2. The van der Waals surface area contributed by atoms with E-state index < -0.39 is 5.54 Å². The highest BCUT2D eigenvalue weighted by Crippen LogP contribution is 2.40.